The van der Waals surface area contributed by atoms with Crippen LogP contribution in [0.1, 0.15) is 79.1 Å². The van der Waals surface area contributed by atoms with Crippen molar-refractivity contribution in [1.82, 2.24) is 19.7 Å². The van der Waals surface area contributed by atoms with E-state index >= 15 is 0 Å². The number of thiophene rings is 1. The predicted molar refractivity (Wildman–Crippen MR) is 133 cm³/mol. The molecule has 0 aliphatic heterocycles. The van der Waals surface area contributed by atoms with Crippen molar-refractivity contribution in [3.8, 4) is 0 Å². The Morgan fingerprint density at radius 2 is 2.03 bits per heavy atom. The molecule has 1 atom stereocenters. The van der Waals surface area contributed by atoms with Gasteiger partial charge < -0.3 is 14.6 Å². The van der Waals surface area contributed by atoms with Gasteiger partial charge in [-0.1, -0.05) is 32.0 Å². The molecular formula is C23H35N5O3S2. The molecule has 3 rings (SSSR count). The van der Waals surface area contributed by atoms with Gasteiger partial charge in [0.1, 0.15) is 5.00 Å². The van der Waals surface area contributed by atoms with Gasteiger partial charge in [-0.2, -0.15) is 0 Å². The van der Waals surface area contributed by atoms with Gasteiger partial charge in [0.05, 0.1) is 24.0 Å². The van der Waals surface area contributed by atoms with Crippen LogP contribution in [0, 0.1) is 0 Å². The van der Waals surface area contributed by atoms with Crippen LogP contribution < -0.4 is 5.32 Å². The van der Waals surface area contributed by atoms with Crippen molar-refractivity contribution in [1.29, 1.82) is 0 Å². The van der Waals surface area contributed by atoms with Gasteiger partial charge in [-0.05, 0) is 58.7 Å². The zero-order valence-electron chi connectivity index (χ0n) is 20.3. The minimum absolute atomic E-state index is 0.156. The van der Waals surface area contributed by atoms with Crippen LogP contribution in [-0.2, 0) is 28.9 Å². The van der Waals surface area contributed by atoms with Gasteiger partial charge in [0.25, 0.3) is 0 Å². The second kappa shape index (κ2) is 12.0. The van der Waals surface area contributed by atoms with Gasteiger partial charge in [-0.25, -0.2) is 4.79 Å². The molecule has 0 saturated carbocycles. The molecule has 1 aliphatic rings. The number of nitrogens with zero attached hydrogens (tertiary/aromatic N) is 4. The van der Waals surface area contributed by atoms with Crippen LogP contribution in [0.15, 0.2) is 5.16 Å². The number of carbonyl (C=O) groups is 2. The number of esters is 1. The molecule has 10 heteroatoms. The Morgan fingerprint density at radius 1 is 1.24 bits per heavy atom. The van der Waals surface area contributed by atoms with Crippen molar-refractivity contribution in [2.75, 3.05) is 31.8 Å². The van der Waals surface area contributed by atoms with E-state index in [9.17, 15) is 9.59 Å². The van der Waals surface area contributed by atoms with E-state index in [1.165, 1.54) is 28.0 Å². The van der Waals surface area contributed by atoms with E-state index in [1.54, 1.807) is 6.92 Å². The Bertz CT molecular complexity index is 970. The molecule has 2 aromatic heterocycles. The van der Waals surface area contributed by atoms with Crippen LogP contribution in [0.4, 0.5) is 5.00 Å². The van der Waals surface area contributed by atoms with Crippen molar-refractivity contribution in [3.05, 3.63) is 21.8 Å². The molecule has 1 aliphatic carbocycles. The summed E-state index contributed by atoms with van der Waals surface area (Å²) in [6.07, 6.45) is 5.88. The Balaban J connectivity index is 1.73. The quantitative estimate of drug-likeness (QED) is 0.343. The third-order valence-corrected chi connectivity index (χ3v) is 7.95. The zero-order chi connectivity index (χ0) is 24.0. The van der Waals surface area contributed by atoms with Crippen LogP contribution in [0.2, 0.25) is 0 Å². The Hall–Kier alpha value is -1.91. The minimum atomic E-state index is -0.349. The molecule has 0 spiro atoms. The van der Waals surface area contributed by atoms with Crippen LogP contribution in [0.3, 0.4) is 0 Å². The summed E-state index contributed by atoms with van der Waals surface area (Å²) in [5.74, 6) is 0.640. The van der Waals surface area contributed by atoms with E-state index in [1.807, 2.05) is 14.1 Å². The van der Waals surface area contributed by atoms with Crippen molar-refractivity contribution < 1.29 is 14.3 Å². The number of ether oxygens (including phenoxy) is 1. The number of aryl methyl sites for hydroxylation is 1. The molecule has 182 valence electrons. The maximum absolute atomic E-state index is 12.8. The first-order chi connectivity index (χ1) is 15.9. The van der Waals surface area contributed by atoms with Crippen LogP contribution in [0.25, 0.3) is 0 Å². The number of nitrogens with one attached hydrogen (secondary N) is 1. The summed E-state index contributed by atoms with van der Waals surface area (Å²) in [6.45, 7) is 7.24. The van der Waals surface area contributed by atoms with Crippen molar-refractivity contribution in [3.63, 3.8) is 0 Å². The molecular weight excluding hydrogens is 458 g/mol. The van der Waals surface area contributed by atoms with E-state index in [0.29, 0.717) is 17.2 Å². The molecule has 0 aromatic carbocycles. The lowest BCUT2D eigenvalue weighted by Crippen LogP contribution is -2.23. The highest BCUT2D eigenvalue weighted by molar-refractivity contribution is 7.99. The maximum Gasteiger partial charge on any atom is 0.341 e. The number of amides is 1. The lowest BCUT2D eigenvalue weighted by molar-refractivity contribution is -0.113. The Morgan fingerprint density at radius 3 is 2.70 bits per heavy atom. The highest BCUT2D eigenvalue weighted by Gasteiger charge is 2.28. The van der Waals surface area contributed by atoms with Crippen LogP contribution in [0.5, 0.6) is 0 Å². The van der Waals surface area contributed by atoms with Crippen molar-refractivity contribution in [2.45, 2.75) is 77.0 Å². The van der Waals surface area contributed by atoms with Crippen molar-refractivity contribution >= 4 is 40.0 Å². The number of hydrogen-bond donors (Lipinski definition) is 1. The molecule has 0 unspecified atom stereocenters. The second-order valence-electron chi connectivity index (χ2n) is 8.35. The molecule has 2 aromatic rings. The monoisotopic (exact) mass is 493 g/mol. The third kappa shape index (κ3) is 5.96. The van der Waals surface area contributed by atoms with Gasteiger partial charge >= 0.3 is 5.97 Å². The summed E-state index contributed by atoms with van der Waals surface area (Å²) in [5, 5.41) is 13.2. The summed E-state index contributed by atoms with van der Waals surface area (Å²) in [6, 6.07) is 0.179. The second-order valence-corrected chi connectivity index (χ2v) is 10.4. The third-order valence-electron chi connectivity index (χ3n) is 5.77. The summed E-state index contributed by atoms with van der Waals surface area (Å²) in [4.78, 5) is 28.7. The van der Waals surface area contributed by atoms with E-state index in [-0.39, 0.29) is 23.7 Å². The first-order valence-corrected chi connectivity index (χ1v) is 13.5. The predicted octanol–water partition coefficient (Wildman–Crippen LogP) is 4.55. The maximum atomic E-state index is 12.8. The fourth-order valence-electron chi connectivity index (χ4n) is 4.16. The number of anilines is 1. The number of unbranched alkanes of at least 4 members (excludes halogenated alkanes) is 1. The summed E-state index contributed by atoms with van der Waals surface area (Å²) < 4.78 is 7.41. The molecule has 1 amide bonds. The number of hydrogen-bond acceptors (Lipinski definition) is 8. The summed E-state index contributed by atoms with van der Waals surface area (Å²) in [7, 11) is 4.10. The number of rotatable bonds is 12. The van der Waals surface area contributed by atoms with Crippen molar-refractivity contribution in [2.24, 2.45) is 0 Å². The van der Waals surface area contributed by atoms with E-state index in [2.05, 4.69) is 38.8 Å². The normalized spacial score (nSPS) is 13.9. The molecule has 0 saturated heterocycles. The van der Waals surface area contributed by atoms with E-state index in [4.69, 9.17) is 4.74 Å². The standard InChI is InChI=1S/C23H35N5O3S2/c1-6-9-13-28-20(16(7-2)27(4)5)25-26-23(28)32-14-18(29)24-21-19(22(30)31-8-3)15-11-10-12-17(15)33-21/h16H,6-14H2,1-5H3,(H,24,29)/t16-/m0/s1. The topological polar surface area (TPSA) is 89.3 Å². The lowest BCUT2D eigenvalue weighted by atomic mass is 10.1. The average Bonchev–Trinajstić information content (AvgIpc) is 3.46. The van der Waals surface area contributed by atoms with Gasteiger partial charge in [0, 0.05) is 11.4 Å². The molecule has 33 heavy (non-hydrogen) atoms. The number of fused-ring (bicyclic) bond motifs is 1. The highest BCUT2D eigenvalue weighted by atomic mass is 32.2. The van der Waals surface area contributed by atoms with Crippen LogP contribution in [-0.4, -0.2) is 58.0 Å². The van der Waals surface area contributed by atoms with Gasteiger partial charge in [-0.15, -0.1) is 21.5 Å². The molecule has 0 radical (unpaired) electrons. The minimum Gasteiger partial charge on any atom is -0.462 e. The summed E-state index contributed by atoms with van der Waals surface area (Å²) >= 11 is 2.89. The number of carbonyl (C=O) groups excluding carboxylic acids is 2. The lowest BCUT2D eigenvalue weighted by Gasteiger charge is -2.23. The van der Waals surface area contributed by atoms with E-state index < -0.39 is 0 Å². The molecule has 8 nitrogen and oxygen atoms in total. The SMILES string of the molecule is CCCCn1c(SCC(=O)Nc2sc3c(c2C(=O)OCC)CCC3)nnc1[C@H](CC)N(C)C. The van der Waals surface area contributed by atoms with Gasteiger partial charge in [0.2, 0.25) is 5.91 Å². The largest absolute Gasteiger partial charge is 0.462 e. The Kier molecular flexibility index (Phi) is 9.34. The van der Waals surface area contributed by atoms with Crippen LogP contribution >= 0.6 is 23.1 Å². The summed E-state index contributed by atoms with van der Waals surface area (Å²) in [5.41, 5.74) is 1.58. The molecule has 0 bridgehead atoms. The first-order valence-electron chi connectivity index (χ1n) is 11.7. The number of thioether (sulfide) groups is 1. The molecule has 0 fully saturated rings. The van der Waals surface area contributed by atoms with E-state index in [0.717, 1.165) is 61.6 Å². The smallest absolute Gasteiger partial charge is 0.341 e. The molecule has 1 N–H and O–H groups in total. The Labute approximate surface area is 204 Å². The zero-order valence-corrected chi connectivity index (χ0v) is 21.9. The number of aromatic nitrogens is 3. The van der Waals surface area contributed by atoms with Gasteiger partial charge in [-0.3, -0.25) is 9.69 Å². The highest BCUT2D eigenvalue weighted by Crippen LogP contribution is 2.39. The van der Waals surface area contributed by atoms with Gasteiger partial charge in [0.15, 0.2) is 11.0 Å². The fourth-order valence-corrected chi connectivity index (χ4v) is 6.23. The first kappa shape index (κ1) is 25.7. The molecule has 2 heterocycles. The fraction of sp³-hybridized carbons (Fsp3) is 0.652. The average molecular weight is 494 g/mol.